The summed E-state index contributed by atoms with van der Waals surface area (Å²) in [5.74, 6) is -1.32. The van der Waals surface area contributed by atoms with Crippen LogP contribution < -0.4 is 10.1 Å². The highest BCUT2D eigenvalue weighted by molar-refractivity contribution is 9.10. The molecule has 0 saturated carbocycles. The van der Waals surface area contributed by atoms with Crippen molar-refractivity contribution in [2.75, 3.05) is 13.2 Å². The number of carbonyl (C=O) groups excluding carboxylic acids is 2. The van der Waals surface area contributed by atoms with Crippen LogP contribution in [0.2, 0.25) is 0 Å². The van der Waals surface area contributed by atoms with Crippen molar-refractivity contribution in [1.82, 2.24) is 5.32 Å². The van der Waals surface area contributed by atoms with E-state index in [0.717, 1.165) is 10.0 Å². The minimum atomic E-state index is -0.806. The van der Waals surface area contributed by atoms with Crippen molar-refractivity contribution >= 4 is 33.5 Å². The van der Waals surface area contributed by atoms with Gasteiger partial charge in [0.25, 0.3) is 5.91 Å². The van der Waals surface area contributed by atoms with Gasteiger partial charge in [0.2, 0.25) is 0 Å². The maximum absolute atomic E-state index is 11.9. The minimum Gasteiger partial charge on any atom is -0.475 e. The molecule has 1 unspecified atom stereocenters. The number of benzene rings is 2. The summed E-state index contributed by atoms with van der Waals surface area (Å²) in [6.45, 7) is 0.793. The molecule has 0 aliphatic carbocycles. The number of nitrogens with zero attached hydrogens (tertiary/aromatic N) is 1. The molecule has 0 bridgehead atoms. The van der Waals surface area contributed by atoms with Gasteiger partial charge in [-0.2, -0.15) is 0 Å². The number of esters is 1. The summed E-state index contributed by atoms with van der Waals surface area (Å²) in [5.41, 5.74) is 0.643. The van der Waals surface area contributed by atoms with Gasteiger partial charge in [0.15, 0.2) is 19.0 Å². The first-order valence-corrected chi connectivity index (χ1v) is 8.73. The standard InChI is InChI=1S/C18H17BrN2O6/c1-12(13-6-8-14(19)9-7-13)20-17(22)10-27-18(23)11-26-16-5-3-2-4-15(16)21(24)25/h2-9,12H,10-11H2,1H3,(H,20,22). The first-order valence-electron chi connectivity index (χ1n) is 7.93. The number of nitro groups is 1. The molecule has 1 N–H and O–H groups in total. The molecule has 1 atom stereocenters. The van der Waals surface area contributed by atoms with Crippen LogP contribution in [0.25, 0.3) is 0 Å². The molecule has 0 radical (unpaired) electrons. The summed E-state index contributed by atoms with van der Waals surface area (Å²) in [4.78, 5) is 33.8. The Bertz CT molecular complexity index is 825. The highest BCUT2D eigenvalue weighted by Gasteiger charge is 2.16. The smallest absolute Gasteiger partial charge is 0.344 e. The van der Waals surface area contributed by atoms with E-state index in [1.165, 1.54) is 18.2 Å². The van der Waals surface area contributed by atoms with Gasteiger partial charge >= 0.3 is 11.7 Å². The van der Waals surface area contributed by atoms with Gasteiger partial charge in [-0.15, -0.1) is 0 Å². The van der Waals surface area contributed by atoms with Gasteiger partial charge < -0.3 is 14.8 Å². The fourth-order valence-electron chi connectivity index (χ4n) is 2.17. The molecular formula is C18H17BrN2O6. The number of carbonyl (C=O) groups is 2. The lowest BCUT2D eigenvalue weighted by Crippen LogP contribution is -2.31. The van der Waals surface area contributed by atoms with Crippen LogP contribution in [-0.2, 0) is 14.3 Å². The summed E-state index contributed by atoms with van der Waals surface area (Å²) < 4.78 is 10.9. The predicted octanol–water partition coefficient (Wildman–Crippen LogP) is 3.16. The third kappa shape index (κ3) is 6.37. The Kier molecular flexibility index (Phi) is 7.30. The van der Waals surface area contributed by atoms with Crippen molar-refractivity contribution < 1.29 is 24.0 Å². The SMILES string of the molecule is CC(NC(=O)COC(=O)COc1ccccc1[N+](=O)[O-])c1ccc(Br)cc1. The second-order valence-corrected chi connectivity index (χ2v) is 6.43. The first-order chi connectivity index (χ1) is 12.9. The zero-order valence-corrected chi connectivity index (χ0v) is 16.0. The van der Waals surface area contributed by atoms with E-state index >= 15 is 0 Å². The molecule has 2 aromatic rings. The number of hydrogen-bond donors (Lipinski definition) is 1. The zero-order valence-electron chi connectivity index (χ0n) is 14.4. The maximum atomic E-state index is 11.9. The number of nitro benzene ring substituents is 1. The van der Waals surface area contributed by atoms with Crippen LogP contribution in [0.5, 0.6) is 5.75 Å². The van der Waals surface area contributed by atoms with E-state index in [2.05, 4.69) is 21.2 Å². The van der Waals surface area contributed by atoms with Gasteiger partial charge in [0.05, 0.1) is 11.0 Å². The van der Waals surface area contributed by atoms with Crippen molar-refractivity contribution in [3.63, 3.8) is 0 Å². The predicted molar refractivity (Wildman–Crippen MR) is 100 cm³/mol. The number of para-hydroxylation sites is 2. The number of hydrogen-bond acceptors (Lipinski definition) is 6. The summed E-state index contributed by atoms with van der Waals surface area (Å²) in [7, 11) is 0. The normalized spacial score (nSPS) is 11.3. The summed E-state index contributed by atoms with van der Waals surface area (Å²) in [6, 6.07) is 12.9. The second-order valence-electron chi connectivity index (χ2n) is 5.51. The largest absolute Gasteiger partial charge is 0.475 e. The topological polar surface area (TPSA) is 108 Å². The molecular weight excluding hydrogens is 420 g/mol. The van der Waals surface area contributed by atoms with Gasteiger partial charge in [-0.3, -0.25) is 14.9 Å². The number of amides is 1. The van der Waals surface area contributed by atoms with E-state index in [1.54, 1.807) is 13.0 Å². The second kappa shape index (κ2) is 9.67. The molecule has 0 fully saturated rings. The van der Waals surface area contributed by atoms with Crippen LogP contribution in [0.3, 0.4) is 0 Å². The van der Waals surface area contributed by atoms with E-state index in [0.29, 0.717) is 0 Å². The molecule has 2 rings (SSSR count). The van der Waals surface area contributed by atoms with Crippen LogP contribution in [-0.4, -0.2) is 30.0 Å². The van der Waals surface area contributed by atoms with E-state index in [1.807, 2.05) is 24.3 Å². The summed E-state index contributed by atoms with van der Waals surface area (Å²) in [6.07, 6.45) is 0. The lowest BCUT2D eigenvalue weighted by atomic mass is 10.1. The first kappa shape index (κ1) is 20.4. The monoisotopic (exact) mass is 436 g/mol. The Labute approximate surface area is 163 Å². The van der Waals surface area contributed by atoms with E-state index in [-0.39, 0.29) is 17.5 Å². The number of rotatable bonds is 8. The van der Waals surface area contributed by atoms with E-state index < -0.39 is 30.0 Å². The van der Waals surface area contributed by atoms with Crippen LogP contribution in [0.1, 0.15) is 18.5 Å². The highest BCUT2D eigenvalue weighted by Crippen LogP contribution is 2.25. The van der Waals surface area contributed by atoms with Crippen LogP contribution in [0, 0.1) is 10.1 Å². The average molecular weight is 437 g/mol. The minimum absolute atomic E-state index is 0.0484. The molecule has 0 aliphatic rings. The Morgan fingerprint density at radius 3 is 2.48 bits per heavy atom. The third-order valence-corrected chi connectivity index (χ3v) is 4.05. The summed E-state index contributed by atoms with van der Waals surface area (Å²) in [5, 5.41) is 13.6. The molecule has 142 valence electrons. The fraction of sp³-hybridized carbons (Fsp3) is 0.222. The molecule has 0 spiro atoms. The Balaban J connectivity index is 1.77. The van der Waals surface area contributed by atoms with Crippen molar-refractivity contribution in [2.45, 2.75) is 13.0 Å². The number of halogens is 1. The summed E-state index contributed by atoms with van der Waals surface area (Å²) >= 11 is 3.34. The molecule has 0 saturated heterocycles. The molecule has 27 heavy (non-hydrogen) atoms. The fourth-order valence-corrected chi connectivity index (χ4v) is 2.44. The molecule has 2 aromatic carbocycles. The van der Waals surface area contributed by atoms with Crippen molar-refractivity contribution in [1.29, 1.82) is 0 Å². The highest BCUT2D eigenvalue weighted by atomic mass is 79.9. The van der Waals surface area contributed by atoms with Gasteiger partial charge in [-0.25, -0.2) is 4.79 Å². The molecule has 8 nitrogen and oxygen atoms in total. The molecule has 0 heterocycles. The van der Waals surface area contributed by atoms with Gasteiger partial charge in [-0.05, 0) is 30.7 Å². The van der Waals surface area contributed by atoms with Crippen LogP contribution >= 0.6 is 15.9 Å². The quantitative estimate of drug-likeness (QED) is 0.386. The molecule has 0 aliphatic heterocycles. The Morgan fingerprint density at radius 1 is 1.15 bits per heavy atom. The molecule has 0 aromatic heterocycles. The van der Waals surface area contributed by atoms with Crippen molar-refractivity contribution in [2.24, 2.45) is 0 Å². The van der Waals surface area contributed by atoms with E-state index in [4.69, 9.17) is 9.47 Å². The average Bonchev–Trinajstić information content (AvgIpc) is 2.65. The van der Waals surface area contributed by atoms with Crippen molar-refractivity contribution in [3.8, 4) is 5.75 Å². The van der Waals surface area contributed by atoms with Crippen molar-refractivity contribution in [3.05, 3.63) is 68.7 Å². The maximum Gasteiger partial charge on any atom is 0.344 e. The number of nitrogens with one attached hydrogen (secondary N) is 1. The van der Waals surface area contributed by atoms with Crippen LogP contribution in [0.15, 0.2) is 53.0 Å². The van der Waals surface area contributed by atoms with Gasteiger partial charge in [0, 0.05) is 10.5 Å². The zero-order chi connectivity index (χ0) is 19.8. The van der Waals surface area contributed by atoms with E-state index in [9.17, 15) is 19.7 Å². The van der Waals surface area contributed by atoms with Crippen LogP contribution in [0.4, 0.5) is 5.69 Å². The lowest BCUT2D eigenvalue weighted by Gasteiger charge is -2.14. The third-order valence-electron chi connectivity index (χ3n) is 3.52. The molecule has 9 heteroatoms. The number of ether oxygens (including phenoxy) is 2. The lowest BCUT2D eigenvalue weighted by molar-refractivity contribution is -0.385. The van der Waals surface area contributed by atoms with Gasteiger partial charge in [-0.1, -0.05) is 40.2 Å². The Hall–Kier alpha value is -2.94. The Morgan fingerprint density at radius 2 is 1.81 bits per heavy atom. The molecule has 1 amide bonds. The van der Waals surface area contributed by atoms with Gasteiger partial charge in [0.1, 0.15) is 0 Å².